The van der Waals surface area contributed by atoms with E-state index < -0.39 is 29.1 Å². The summed E-state index contributed by atoms with van der Waals surface area (Å²) in [5.41, 5.74) is -0.986. The maximum Gasteiger partial charge on any atom is 0.420 e. The minimum Gasteiger partial charge on any atom is -0.475 e. The van der Waals surface area contributed by atoms with Crippen LogP contribution >= 0.6 is 11.6 Å². The second-order valence-corrected chi connectivity index (χ2v) is 5.15. The molecule has 3 nitrogen and oxygen atoms in total. The van der Waals surface area contributed by atoms with Crippen LogP contribution in [0.15, 0.2) is 16.5 Å². The molecule has 1 aliphatic rings. The van der Waals surface area contributed by atoms with E-state index in [1.165, 1.54) is 6.07 Å². The molecule has 3 rings (SSSR count). The Labute approximate surface area is 115 Å². The van der Waals surface area contributed by atoms with Crippen LogP contribution in [0.1, 0.15) is 40.4 Å². The summed E-state index contributed by atoms with van der Waals surface area (Å²) in [7, 11) is 0. The van der Waals surface area contributed by atoms with Gasteiger partial charge >= 0.3 is 12.1 Å². The van der Waals surface area contributed by atoms with Crippen molar-refractivity contribution in [2.24, 2.45) is 0 Å². The molecule has 0 spiro atoms. The SMILES string of the molecule is O=C(O)c1oc2c(C(F)(F)F)cc(C3CC3)cc2c1Cl. The first-order chi connectivity index (χ1) is 9.29. The van der Waals surface area contributed by atoms with E-state index in [9.17, 15) is 18.0 Å². The van der Waals surface area contributed by atoms with Crippen LogP contribution in [0.3, 0.4) is 0 Å². The molecule has 106 valence electrons. The molecule has 0 atom stereocenters. The lowest BCUT2D eigenvalue weighted by atomic mass is 10.0. The van der Waals surface area contributed by atoms with Gasteiger partial charge in [-0.1, -0.05) is 11.6 Å². The van der Waals surface area contributed by atoms with Gasteiger partial charge in [-0.05, 0) is 36.5 Å². The Hall–Kier alpha value is -1.69. The predicted octanol–water partition coefficient (Wildman–Crippen LogP) is 4.68. The van der Waals surface area contributed by atoms with E-state index in [1.807, 2.05) is 0 Å². The maximum atomic E-state index is 13.1. The third-order valence-electron chi connectivity index (χ3n) is 3.30. The topological polar surface area (TPSA) is 50.4 Å². The number of hydrogen-bond donors (Lipinski definition) is 1. The highest BCUT2D eigenvalue weighted by atomic mass is 35.5. The molecule has 0 bridgehead atoms. The van der Waals surface area contributed by atoms with Crippen molar-refractivity contribution in [1.29, 1.82) is 0 Å². The first kappa shape index (κ1) is 13.3. The molecular formula is C13H8ClF3O3. The molecule has 1 heterocycles. The quantitative estimate of drug-likeness (QED) is 0.876. The van der Waals surface area contributed by atoms with Gasteiger partial charge in [-0.15, -0.1) is 0 Å². The molecule has 1 saturated carbocycles. The summed E-state index contributed by atoms with van der Waals surface area (Å²) in [6.07, 6.45) is -2.98. The van der Waals surface area contributed by atoms with Gasteiger partial charge in [0.05, 0.1) is 5.56 Å². The minimum absolute atomic E-state index is 0.000733. The fourth-order valence-electron chi connectivity index (χ4n) is 2.19. The van der Waals surface area contributed by atoms with E-state index in [2.05, 4.69) is 0 Å². The van der Waals surface area contributed by atoms with E-state index in [0.29, 0.717) is 5.56 Å². The lowest BCUT2D eigenvalue weighted by Gasteiger charge is -2.09. The number of carboxylic acid groups (broad SMARTS) is 1. The summed E-state index contributed by atoms with van der Waals surface area (Å²) in [4.78, 5) is 10.9. The molecule has 1 fully saturated rings. The van der Waals surface area contributed by atoms with Crippen molar-refractivity contribution in [2.75, 3.05) is 0 Å². The molecular weight excluding hydrogens is 297 g/mol. The van der Waals surface area contributed by atoms with Gasteiger partial charge in [0, 0.05) is 5.39 Å². The minimum atomic E-state index is -4.62. The van der Waals surface area contributed by atoms with E-state index in [-0.39, 0.29) is 16.3 Å². The maximum absolute atomic E-state index is 13.1. The summed E-state index contributed by atoms with van der Waals surface area (Å²) >= 11 is 5.83. The fourth-order valence-corrected chi connectivity index (χ4v) is 2.45. The van der Waals surface area contributed by atoms with Crippen LogP contribution in [0.4, 0.5) is 13.2 Å². The van der Waals surface area contributed by atoms with Gasteiger partial charge < -0.3 is 9.52 Å². The highest BCUT2D eigenvalue weighted by molar-refractivity contribution is 6.38. The van der Waals surface area contributed by atoms with Crippen LogP contribution in [0, 0.1) is 0 Å². The van der Waals surface area contributed by atoms with E-state index in [1.54, 1.807) is 0 Å². The molecule has 0 radical (unpaired) electrons. The van der Waals surface area contributed by atoms with Gasteiger partial charge in [0.1, 0.15) is 10.6 Å². The molecule has 2 aromatic rings. The molecule has 0 unspecified atom stereocenters. The van der Waals surface area contributed by atoms with Gasteiger partial charge in [0.2, 0.25) is 5.76 Å². The highest BCUT2D eigenvalue weighted by Crippen LogP contribution is 2.46. The van der Waals surface area contributed by atoms with Crippen LogP contribution in [0.5, 0.6) is 0 Å². The Bertz CT molecular complexity index is 714. The number of aromatic carboxylic acids is 1. The Balaban J connectivity index is 2.34. The predicted molar refractivity (Wildman–Crippen MR) is 65.2 cm³/mol. The number of rotatable bonds is 2. The summed E-state index contributed by atoms with van der Waals surface area (Å²) in [5, 5.41) is 8.60. The second kappa shape index (κ2) is 4.15. The zero-order chi connectivity index (χ0) is 14.7. The molecule has 7 heteroatoms. The number of halogens is 4. The van der Waals surface area contributed by atoms with Crippen LogP contribution in [0.2, 0.25) is 5.02 Å². The fraction of sp³-hybridized carbons (Fsp3) is 0.308. The smallest absolute Gasteiger partial charge is 0.420 e. The first-order valence-electron chi connectivity index (χ1n) is 5.85. The van der Waals surface area contributed by atoms with Crippen molar-refractivity contribution in [3.05, 3.63) is 34.0 Å². The van der Waals surface area contributed by atoms with Crippen LogP contribution in [0.25, 0.3) is 11.0 Å². The third kappa shape index (κ3) is 2.04. The Morgan fingerprint density at radius 2 is 2.00 bits per heavy atom. The Morgan fingerprint density at radius 1 is 1.35 bits per heavy atom. The number of fused-ring (bicyclic) bond motifs is 1. The normalized spacial score (nSPS) is 15.8. The average molecular weight is 305 g/mol. The van der Waals surface area contributed by atoms with Gasteiger partial charge in [0.25, 0.3) is 0 Å². The van der Waals surface area contributed by atoms with E-state index >= 15 is 0 Å². The van der Waals surface area contributed by atoms with Crippen molar-refractivity contribution in [1.82, 2.24) is 0 Å². The Kier molecular flexibility index (Phi) is 2.76. The molecule has 1 aromatic heterocycles. The summed E-state index contributed by atoms with van der Waals surface area (Å²) in [6.45, 7) is 0. The van der Waals surface area contributed by atoms with Crippen LogP contribution < -0.4 is 0 Å². The number of furan rings is 1. The summed E-state index contributed by atoms with van der Waals surface area (Å²) in [5.74, 6) is -2.08. The molecule has 1 aromatic carbocycles. The monoisotopic (exact) mass is 304 g/mol. The second-order valence-electron chi connectivity index (χ2n) is 4.77. The zero-order valence-corrected chi connectivity index (χ0v) is 10.7. The van der Waals surface area contributed by atoms with Crippen LogP contribution in [-0.4, -0.2) is 11.1 Å². The van der Waals surface area contributed by atoms with Crippen molar-refractivity contribution in [3.8, 4) is 0 Å². The van der Waals surface area contributed by atoms with Gasteiger partial charge in [-0.3, -0.25) is 0 Å². The van der Waals surface area contributed by atoms with Crippen molar-refractivity contribution >= 4 is 28.5 Å². The van der Waals surface area contributed by atoms with Gasteiger partial charge in [-0.2, -0.15) is 13.2 Å². The largest absolute Gasteiger partial charge is 0.475 e. The Morgan fingerprint density at radius 3 is 2.50 bits per heavy atom. The van der Waals surface area contributed by atoms with Crippen molar-refractivity contribution in [2.45, 2.75) is 24.9 Å². The van der Waals surface area contributed by atoms with E-state index in [4.69, 9.17) is 21.1 Å². The van der Waals surface area contributed by atoms with Gasteiger partial charge in [-0.25, -0.2) is 4.79 Å². The zero-order valence-electron chi connectivity index (χ0n) is 9.92. The van der Waals surface area contributed by atoms with Crippen LogP contribution in [-0.2, 0) is 6.18 Å². The molecule has 1 aliphatic carbocycles. The molecule has 0 amide bonds. The third-order valence-corrected chi connectivity index (χ3v) is 3.67. The lowest BCUT2D eigenvalue weighted by Crippen LogP contribution is -2.06. The van der Waals surface area contributed by atoms with Crippen molar-refractivity contribution in [3.63, 3.8) is 0 Å². The highest BCUT2D eigenvalue weighted by Gasteiger charge is 2.38. The average Bonchev–Trinajstić information content (AvgIpc) is 3.12. The number of benzene rings is 1. The summed E-state index contributed by atoms with van der Waals surface area (Å²) in [6, 6.07) is 2.51. The molecule has 20 heavy (non-hydrogen) atoms. The number of hydrogen-bond acceptors (Lipinski definition) is 2. The number of carbonyl (C=O) groups is 1. The number of carboxylic acids is 1. The first-order valence-corrected chi connectivity index (χ1v) is 6.23. The molecule has 1 N–H and O–H groups in total. The molecule has 0 saturated heterocycles. The van der Waals surface area contributed by atoms with Crippen molar-refractivity contribution < 1.29 is 27.5 Å². The standard InChI is InChI=1S/C13H8ClF3O3/c14-9-7-3-6(5-1-2-5)4-8(13(15,16)17)10(7)20-11(9)12(18)19/h3-5H,1-2H2,(H,18,19). The van der Waals surface area contributed by atoms with E-state index in [0.717, 1.165) is 18.9 Å². The lowest BCUT2D eigenvalue weighted by molar-refractivity contribution is -0.136. The number of alkyl halides is 3. The summed E-state index contributed by atoms with van der Waals surface area (Å²) < 4.78 is 44.0. The van der Waals surface area contributed by atoms with Gasteiger partial charge in [0.15, 0.2) is 0 Å². The molecule has 0 aliphatic heterocycles.